The van der Waals surface area contributed by atoms with Gasteiger partial charge in [-0.15, -0.1) is 0 Å². The summed E-state index contributed by atoms with van der Waals surface area (Å²) in [6, 6.07) is 10.8. The molecule has 2 aromatic carbocycles. The van der Waals surface area contributed by atoms with Crippen LogP contribution < -0.4 is 19.9 Å². The third-order valence-corrected chi connectivity index (χ3v) is 4.79. The number of ether oxygens (including phenoxy) is 2. The van der Waals surface area contributed by atoms with Gasteiger partial charge < -0.3 is 14.8 Å². The summed E-state index contributed by atoms with van der Waals surface area (Å²) >= 11 is 0. The monoisotopic (exact) mass is 362 g/mol. The van der Waals surface area contributed by atoms with E-state index in [1.807, 2.05) is 6.92 Å². The largest absolute Gasteiger partial charge is 0.486 e. The summed E-state index contributed by atoms with van der Waals surface area (Å²) in [5.74, 6) is 0.901. The molecule has 3 rings (SSSR count). The molecular weight excluding hydrogens is 344 g/mol. The predicted molar refractivity (Wildman–Crippen MR) is 91.1 cm³/mol. The summed E-state index contributed by atoms with van der Waals surface area (Å²) in [5, 5.41) is 7.94. The Morgan fingerprint density at radius 3 is 2.36 bits per heavy atom. The van der Waals surface area contributed by atoms with Crippen LogP contribution in [0.15, 0.2) is 47.4 Å². The summed E-state index contributed by atoms with van der Waals surface area (Å²) in [5.41, 5.74) is 1.22. The van der Waals surface area contributed by atoms with Crippen molar-refractivity contribution < 1.29 is 22.7 Å². The van der Waals surface area contributed by atoms with Crippen LogP contribution in [0.3, 0.4) is 0 Å². The molecule has 0 spiro atoms. The molecule has 0 fully saturated rings. The number of amides is 1. The highest BCUT2D eigenvalue weighted by molar-refractivity contribution is 7.89. The van der Waals surface area contributed by atoms with Crippen LogP contribution in [0, 0.1) is 0 Å². The van der Waals surface area contributed by atoms with E-state index < -0.39 is 10.0 Å². The summed E-state index contributed by atoms with van der Waals surface area (Å²) in [4.78, 5) is 12.4. The molecule has 1 amide bonds. The second-order valence-corrected chi connectivity index (χ2v) is 7.23. The number of carbonyl (C=O) groups is 1. The van der Waals surface area contributed by atoms with Crippen molar-refractivity contribution in [2.45, 2.75) is 17.9 Å². The number of benzene rings is 2. The van der Waals surface area contributed by atoms with Gasteiger partial charge >= 0.3 is 0 Å². The molecule has 3 N–H and O–H groups in total. The molecule has 0 saturated carbocycles. The Kier molecular flexibility index (Phi) is 4.65. The zero-order valence-corrected chi connectivity index (χ0v) is 14.4. The molecule has 0 saturated heterocycles. The Bertz CT molecular complexity index is 894. The first kappa shape index (κ1) is 17.2. The smallest absolute Gasteiger partial charge is 0.251 e. The Morgan fingerprint density at radius 2 is 1.72 bits per heavy atom. The van der Waals surface area contributed by atoms with Crippen molar-refractivity contribution >= 4 is 15.9 Å². The molecule has 1 aliphatic rings. The molecule has 132 valence electrons. The first-order valence-corrected chi connectivity index (χ1v) is 9.22. The zero-order valence-electron chi connectivity index (χ0n) is 13.6. The van der Waals surface area contributed by atoms with Gasteiger partial charge in [0.2, 0.25) is 10.0 Å². The number of sulfonamides is 1. The number of fused-ring (bicyclic) bond motifs is 1. The highest BCUT2D eigenvalue weighted by atomic mass is 32.2. The SMILES string of the molecule is C[C@@H](NC(=O)c1ccc2c(c1)OCCO2)c1ccc(S(N)(=O)=O)cc1. The lowest BCUT2D eigenvalue weighted by Gasteiger charge is -2.19. The molecule has 1 heterocycles. The molecule has 8 heteroatoms. The summed E-state index contributed by atoms with van der Waals surface area (Å²) in [7, 11) is -3.73. The van der Waals surface area contributed by atoms with Gasteiger partial charge in [0.15, 0.2) is 11.5 Å². The third kappa shape index (κ3) is 3.92. The fourth-order valence-electron chi connectivity index (χ4n) is 2.49. The summed E-state index contributed by atoms with van der Waals surface area (Å²) in [6.45, 7) is 2.75. The van der Waals surface area contributed by atoms with Crippen molar-refractivity contribution in [3.63, 3.8) is 0 Å². The van der Waals surface area contributed by atoms with Gasteiger partial charge in [-0.3, -0.25) is 4.79 Å². The van der Waals surface area contributed by atoms with Crippen molar-refractivity contribution in [3.05, 3.63) is 53.6 Å². The van der Waals surface area contributed by atoms with Gasteiger partial charge in [-0.2, -0.15) is 0 Å². The van der Waals surface area contributed by atoms with E-state index in [9.17, 15) is 13.2 Å². The predicted octanol–water partition coefficient (Wildman–Crippen LogP) is 1.60. The Hall–Kier alpha value is -2.58. The molecule has 0 aromatic heterocycles. The van der Waals surface area contributed by atoms with Crippen LogP contribution in [0.4, 0.5) is 0 Å². The standard InChI is InChI=1S/C17H18N2O5S/c1-11(12-2-5-14(6-3-12)25(18,21)22)19-17(20)13-4-7-15-16(10-13)24-9-8-23-15/h2-7,10-11H,8-9H2,1H3,(H,19,20)(H2,18,21,22)/t11-/m1/s1. The molecule has 7 nitrogen and oxygen atoms in total. The van der Waals surface area contributed by atoms with E-state index in [0.29, 0.717) is 30.3 Å². The van der Waals surface area contributed by atoms with E-state index in [2.05, 4.69) is 5.32 Å². The van der Waals surface area contributed by atoms with E-state index in [4.69, 9.17) is 14.6 Å². The molecule has 1 aliphatic heterocycles. The van der Waals surface area contributed by atoms with Gasteiger partial charge in [0.05, 0.1) is 10.9 Å². The molecule has 0 unspecified atom stereocenters. The first-order chi connectivity index (χ1) is 11.8. The number of hydrogen-bond donors (Lipinski definition) is 2. The van der Waals surface area contributed by atoms with E-state index in [-0.39, 0.29) is 16.8 Å². The number of rotatable bonds is 4. The van der Waals surface area contributed by atoms with Gasteiger partial charge in [0, 0.05) is 5.56 Å². The summed E-state index contributed by atoms with van der Waals surface area (Å²) < 4.78 is 33.5. The van der Waals surface area contributed by atoms with Crippen LogP contribution in [-0.2, 0) is 10.0 Å². The van der Waals surface area contributed by atoms with Crippen LogP contribution >= 0.6 is 0 Å². The Balaban J connectivity index is 1.72. The molecule has 1 atom stereocenters. The minimum Gasteiger partial charge on any atom is -0.486 e. The van der Waals surface area contributed by atoms with Crippen molar-refractivity contribution in [2.75, 3.05) is 13.2 Å². The lowest BCUT2D eigenvalue weighted by Crippen LogP contribution is -2.27. The lowest BCUT2D eigenvalue weighted by atomic mass is 10.1. The van der Waals surface area contributed by atoms with Crippen molar-refractivity contribution in [1.82, 2.24) is 5.32 Å². The molecule has 0 bridgehead atoms. The maximum Gasteiger partial charge on any atom is 0.251 e. The molecular formula is C17H18N2O5S. The number of primary sulfonamides is 1. The van der Waals surface area contributed by atoms with Gasteiger partial charge in [-0.05, 0) is 42.8 Å². The Morgan fingerprint density at radius 1 is 1.08 bits per heavy atom. The van der Waals surface area contributed by atoms with Crippen LogP contribution in [-0.4, -0.2) is 27.5 Å². The van der Waals surface area contributed by atoms with E-state index in [1.165, 1.54) is 12.1 Å². The molecule has 0 aliphatic carbocycles. The molecule has 0 radical (unpaired) electrons. The van der Waals surface area contributed by atoms with Gasteiger partial charge in [-0.1, -0.05) is 12.1 Å². The van der Waals surface area contributed by atoms with Gasteiger partial charge in [0.25, 0.3) is 5.91 Å². The van der Waals surface area contributed by atoms with E-state index in [1.54, 1.807) is 30.3 Å². The fourth-order valence-corrected chi connectivity index (χ4v) is 3.01. The third-order valence-electron chi connectivity index (χ3n) is 3.86. The number of hydrogen-bond acceptors (Lipinski definition) is 5. The Labute approximate surface area is 145 Å². The topological polar surface area (TPSA) is 108 Å². The average Bonchev–Trinajstić information content (AvgIpc) is 2.60. The maximum absolute atomic E-state index is 12.4. The van der Waals surface area contributed by atoms with Crippen LogP contribution in [0.1, 0.15) is 28.9 Å². The second-order valence-electron chi connectivity index (χ2n) is 5.67. The van der Waals surface area contributed by atoms with Crippen molar-refractivity contribution in [2.24, 2.45) is 5.14 Å². The molecule has 2 aromatic rings. The van der Waals surface area contributed by atoms with Crippen molar-refractivity contribution in [1.29, 1.82) is 0 Å². The number of carbonyl (C=O) groups excluding carboxylic acids is 1. The highest BCUT2D eigenvalue weighted by Gasteiger charge is 2.17. The number of nitrogens with two attached hydrogens (primary N) is 1. The van der Waals surface area contributed by atoms with E-state index >= 15 is 0 Å². The minimum absolute atomic E-state index is 0.0293. The molecule has 25 heavy (non-hydrogen) atoms. The first-order valence-electron chi connectivity index (χ1n) is 7.68. The fraction of sp³-hybridized carbons (Fsp3) is 0.235. The maximum atomic E-state index is 12.4. The average molecular weight is 362 g/mol. The van der Waals surface area contributed by atoms with Crippen LogP contribution in [0.2, 0.25) is 0 Å². The van der Waals surface area contributed by atoms with Crippen molar-refractivity contribution in [3.8, 4) is 11.5 Å². The quantitative estimate of drug-likeness (QED) is 0.859. The minimum atomic E-state index is -3.73. The second kappa shape index (κ2) is 6.73. The van der Waals surface area contributed by atoms with Gasteiger partial charge in [0.1, 0.15) is 13.2 Å². The normalized spacial score (nSPS) is 14.6. The summed E-state index contributed by atoms with van der Waals surface area (Å²) in [6.07, 6.45) is 0. The zero-order chi connectivity index (χ0) is 18.0. The van der Waals surface area contributed by atoms with E-state index in [0.717, 1.165) is 5.56 Å². The van der Waals surface area contributed by atoms with Crippen LogP contribution in [0.25, 0.3) is 0 Å². The highest BCUT2D eigenvalue weighted by Crippen LogP contribution is 2.30. The van der Waals surface area contributed by atoms with Gasteiger partial charge in [-0.25, -0.2) is 13.6 Å². The van der Waals surface area contributed by atoms with Crippen LogP contribution in [0.5, 0.6) is 11.5 Å². The lowest BCUT2D eigenvalue weighted by molar-refractivity contribution is 0.0938. The number of nitrogens with one attached hydrogen (secondary N) is 1.